The van der Waals surface area contributed by atoms with Crippen LogP contribution in [0.4, 0.5) is 10.1 Å². The van der Waals surface area contributed by atoms with E-state index in [1.165, 1.54) is 17.7 Å². The van der Waals surface area contributed by atoms with Crippen LogP contribution in [0.5, 0.6) is 5.75 Å². The molecule has 0 atom stereocenters. The number of nitrogens with one attached hydrogen (secondary N) is 1. The molecule has 0 amide bonds. The molecule has 94 valence electrons. The summed E-state index contributed by atoms with van der Waals surface area (Å²) >= 11 is 0. The van der Waals surface area contributed by atoms with Gasteiger partial charge in [-0.1, -0.05) is 23.8 Å². The van der Waals surface area contributed by atoms with Crippen LogP contribution in [0.1, 0.15) is 5.56 Å². The van der Waals surface area contributed by atoms with Crippen molar-refractivity contribution in [2.75, 3.05) is 18.5 Å². The maximum Gasteiger partial charge on any atom is 0.126 e. The number of hydrogen-bond donors (Lipinski definition) is 1. The second-order valence-electron chi connectivity index (χ2n) is 4.10. The molecular weight excluding hydrogens is 229 g/mol. The summed E-state index contributed by atoms with van der Waals surface area (Å²) in [5.41, 5.74) is 2.29. The first-order valence-electron chi connectivity index (χ1n) is 5.93. The molecular formula is C15H16FNO. The molecule has 0 radical (unpaired) electrons. The van der Waals surface area contributed by atoms with Crippen molar-refractivity contribution >= 4 is 5.69 Å². The number of benzene rings is 2. The molecule has 0 spiro atoms. The van der Waals surface area contributed by atoms with E-state index in [9.17, 15) is 4.39 Å². The van der Waals surface area contributed by atoms with Crippen molar-refractivity contribution < 1.29 is 9.13 Å². The first-order chi connectivity index (χ1) is 8.74. The van der Waals surface area contributed by atoms with Crippen LogP contribution in [-0.2, 0) is 0 Å². The molecule has 0 aliphatic heterocycles. The molecule has 0 saturated heterocycles. The van der Waals surface area contributed by atoms with E-state index in [0.29, 0.717) is 18.9 Å². The molecule has 3 heteroatoms. The fourth-order valence-corrected chi connectivity index (χ4v) is 1.59. The van der Waals surface area contributed by atoms with Gasteiger partial charge in [0.1, 0.15) is 18.2 Å². The molecule has 0 aliphatic rings. The van der Waals surface area contributed by atoms with Crippen molar-refractivity contribution in [3.8, 4) is 5.75 Å². The van der Waals surface area contributed by atoms with E-state index in [0.717, 1.165) is 5.69 Å². The van der Waals surface area contributed by atoms with E-state index < -0.39 is 0 Å². The van der Waals surface area contributed by atoms with Gasteiger partial charge in [-0.2, -0.15) is 0 Å². The number of hydrogen-bond acceptors (Lipinski definition) is 2. The first-order valence-corrected chi connectivity index (χ1v) is 5.93. The highest BCUT2D eigenvalue weighted by Crippen LogP contribution is 2.12. The van der Waals surface area contributed by atoms with E-state index >= 15 is 0 Å². The Morgan fingerprint density at radius 3 is 2.61 bits per heavy atom. The van der Waals surface area contributed by atoms with E-state index in [1.807, 2.05) is 12.1 Å². The van der Waals surface area contributed by atoms with Crippen molar-refractivity contribution in [2.45, 2.75) is 6.92 Å². The molecule has 0 saturated carbocycles. The fourth-order valence-electron chi connectivity index (χ4n) is 1.59. The number of anilines is 1. The second kappa shape index (κ2) is 6.05. The summed E-state index contributed by atoms with van der Waals surface area (Å²) in [6, 6.07) is 14.3. The Hall–Kier alpha value is -2.03. The Labute approximate surface area is 106 Å². The lowest BCUT2D eigenvalue weighted by Gasteiger charge is -2.08. The standard InChI is InChI=1S/C15H16FNO/c1-12-5-7-14(8-6-12)17-9-10-18-15-4-2-3-13(16)11-15/h2-8,11,17H,9-10H2,1H3. The van der Waals surface area contributed by atoms with E-state index in [2.05, 4.69) is 24.4 Å². The molecule has 2 aromatic rings. The van der Waals surface area contributed by atoms with Crippen LogP contribution >= 0.6 is 0 Å². The molecule has 0 bridgehead atoms. The van der Waals surface area contributed by atoms with Gasteiger partial charge in [0.05, 0.1) is 0 Å². The van der Waals surface area contributed by atoms with Crippen LogP contribution in [0.3, 0.4) is 0 Å². The average molecular weight is 245 g/mol. The lowest BCUT2D eigenvalue weighted by Crippen LogP contribution is -2.11. The van der Waals surface area contributed by atoms with Crippen molar-refractivity contribution in [1.29, 1.82) is 0 Å². The van der Waals surface area contributed by atoms with Crippen molar-refractivity contribution in [1.82, 2.24) is 0 Å². The lowest BCUT2D eigenvalue weighted by atomic mass is 10.2. The maximum absolute atomic E-state index is 12.9. The summed E-state index contributed by atoms with van der Waals surface area (Å²) in [7, 11) is 0. The molecule has 2 rings (SSSR count). The zero-order valence-corrected chi connectivity index (χ0v) is 10.3. The van der Waals surface area contributed by atoms with Gasteiger partial charge in [-0.25, -0.2) is 4.39 Å². The summed E-state index contributed by atoms with van der Waals surface area (Å²) in [5.74, 6) is 0.277. The Morgan fingerprint density at radius 1 is 1.11 bits per heavy atom. The van der Waals surface area contributed by atoms with Gasteiger partial charge in [0.15, 0.2) is 0 Å². The number of rotatable bonds is 5. The summed E-state index contributed by atoms with van der Waals surface area (Å²) in [6.45, 7) is 3.23. The third kappa shape index (κ3) is 3.77. The molecule has 2 aromatic carbocycles. The van der Waals surface area contributed by atoms with Crippen LogP contribution in [0.25, 0.3) is 0 Å². The van der Waals surface area contributed by atoms with Crippen LogP contribution in [-0.4, -0.2) is 13.2 Å². The van der Waals surface area contributed by atoms with Crippen LogP contribution in [0.2, 0.25) is 0 Å². The van der Waals surface area contributed by atoms with Gasteiger partial charge in [-0.3, -0.25) is 0 Å². The third-order valence-electron chi connectivity index (χ3n) is 2.55. The Morgan fingerprint density at radius 2 is 1.89 bits per heavy atom. The molecule has 0 unspecified atom stereocenters. The van der Waals surface area contributed by atoms with Gasteiger partial charge in [-0.05, 0) is 31.2 Å². The van der Waals surface area contributed by atoms with Gasteiger partial charge in [0.25, 0.3) is 0 Å². The van der Waals surface area contributed by atoms with Gasteiger partial charge in [0, 0.05) is 18.3 Å². The van der Waals surface area contributed by atoms with Crippen molar-refractivity contribution in [3.63, 3.8) is 0 Å². The van der Waals surface area contributed by atoms with Gasteiger partial charge in [0.2, 0.25) is 0 Å². The van der Waals surface area contributed by atoms with E-state index in [1.54, 1.807) is 12.1 Å². The smallest absolute Gasteiger partial charge is 0.126 e. The average Bonchev–Trinajstić information content (AvgIpc) is 2.37. The largest absolute Gasteiger partial charge is 0.492 e. The number of halogens is 1. The Kier molecular flexibility index (Phi) is 4.18. The molecule has 0 aliphatic carbocycles. The van der Waals surface area contributed by atoms with Crippen molar-refractivity contribution in [2.24, 2.45) is 0 Å². The molecule has 1 N–H and O–H groups in total. The molecule has 18 heavy (non-hydrogen) atoms. The van der Waals surface area contributed by atoms with Crippen molar-refractivity contribution in [3.05, 3.63) is 59.9 Å². The minimum absolute atomic E-state index is 0.279. The van der Waals surface area contributed by atoms with E-state index in [-0.39, 0.29) is 5.82 Å². The SMILES string of the molecule is Cc1ccc(NCCOc2cccc(F)c2)cc1. The highest BCUT2D eigenvalue weighted by molar-refractivity contribution is 5.44. The first kappa shape index (κ1) is 12.4. The second-order valence-corrected chi connectivity index (χ2v) is 4.10. The molecule has 0 heterocycles. The highest BCUT2D eigenvalue weighted by Gasteiger charge is 1.96. The topological polar surface area (TPSA) is 21.3 Å². The predicted octanol–water partition coefficient (Wildman–Crippen LogP) is 3.63. The summed E-state index contributed by atoms with van der Waals surface area (Å²) in [5, 5.41) is 3.24. The van der Waals surface area contributed by atoms with Crippen LogP contribution < -0.4 is 10.1 Å². The minimum Gasteiger partial charge on any atom is -0.492 e. The zero-order chi connectivity index (χ0) is 12.8. The maximum atomic E-state index is 12.9. The summed E-state index contributed by atoms with van der Waals surface area (Å²) in [4.78, 5) is 0. The normalized spacial score (nSPS) is 10.1. The van der Waals surface area contributed by atoms with Crippen LogP contribution in [0.15, 0.2) is 48.5 Å². The number of ether oxygens (including phenoxy) is 1. The quantitative estimate of drug-likeness (QED) is 0.812. The predicted molar refractivity (Wildman–Crippen MR) is 71.6 cm³/mol. The molecule has 0 aromatic heterocycles. The lowest BCUT2D eigenvalue weighted by molar-refractivity contribution is 0.331. The number of aryl methyl sites for hydroxylation is 1. The van der Waals surface area contributed by atoms with E-state index in [4.69, 9.17) is 4.74 Å². The molecule has 0 fully saturated rings. The van der Waals surface area contributed by atoms with Gasteiger partial charge in [-0.15, -0.1) is 0 Å². The Bertz CT molecular complexity index is 496. The fraction of sp³-hybridized carbons (Fsp3) is 0.200. The summed E-state index contributed by atoms with van der Waals surface area (Å²) in [6.07, 6.45) is 0. The van der Waals surface area contributed by atoms with Gasteiger partial charge < -0.3 is 10.1 Å². The highest BCUT2D eigenvalue weighted by atomic mass is 19.1. The molecule has 2 nitrogen and oxygen atoms in total. The minimum atomic E-state index is -0.279. The van der Waals surface area contributed by atoms with Crippen LogP contribution in [0, 0.1) is 12.7 Å². The Balaban J connectivity index is 1.74. The van der Waals surface area contributed by atoms with Gasteiger partial charge >= 0.3 is 0 Å². The monoisotopic (exact) mass is 245 g/mol. The summed E-state index contributed by atoms with van der Waals surface area (Å²) < 4.78 is 18.3. The third-order valence-corrected chi connectivity index (χ3v) is 2.55. The zero-order valence-electron chi connectivity index (χ0n) is 10.3.